The predicted molar refractivity (Wildman–Crippen MR) is 187 cm³/mol. The highest BCUT2D eigenvalue weighted by Crippen LogP contribution is 2.38. The zero-order chi connectivity index (χ0) is 34.1. The number of benzene rings is 2. The number of rotatable bonds is 8. The van der Waals surface area contributed by atoms with Gasteiger partial charge in [-0.15, -0.1) is 0 Å². The number of piperidine rings is 3. The molecule has 1 unspecified atom stereocenters. The van der Waals surface area contributed by atoms with Crippen molar-refractivity contribution < 1.29 is 18.7 Å². The van der Waals surface area contributed by atoms with Crippen molar-refractivity contribution in [2.24, 2.45) is 18.9 Å². The second-order valence-corrected chi connectivity index (χ2v) is 14.0. The lowest BCUT2D eigenvalue weighted by Gasteiger charge is -2.41. The number of hydrogen-bond acceptors (Lipinski definition) is 7. The van der Waals surface area contributed by atoms with Gasteiger partial charge in [-0.05, 0) is 112 Å². The summed E-state index contributed by atoms with van der Waals surface area (Å²) in [7, 11) is 3.30. The van der Waals surface area contributed by atoms with E-state index >= 15 is 4.39 Å². The smallest absolute Gasteiger partial charge is 0.253 e. The van der Waals surface area contributed by atoms with E-state index in [-0.39, 0.29) is 23.2 Å². The van der Waals surface area contributed by atoms with E-state index in [2.05, 4.69) is 20.4 Å². The molecule has 1 aromatic heterocycles. The molecule has 1 atom stereocenters. The molecule has 0 radical (unpaired) electrons. The maximum absolute atomic E-state index is 15.7. The van der Waals surface area contributed by atoms with Crippen LogP contribution in [0.25, 0.3) is 11.1 Å². The molecule has 6 rings (SSSR count). The Balaban J connectivity index is 1.02. The van der Waals surface area contributed by atoms with Crippen LogP contribution in [0.5, 0.6) is 5.75 Å². The van der Waals surface area contributed by atoms with Crippen LogP contribution in [0.4, 0.5) is 15.8 Å². The lowest BCUT2D eigenvalue weighted by molar-refractivity contribution is -0.133. The Labute approximate surface area is 286 Å². The molecule has 0 aliphatic carbocycles. The van der Waals surface area contributed by atoms with Gasteiger partial charge < -0.3 is 19.5 Å². The van der Waals surface area contributed by atoms with Crippen molar-refractivity contribution in [2.75, 3.05) is 43.5 Å². The molecule has 3 aromatic rings. The van der Waals surface area contributed by atoms with Crippen LogP contribution in [0, 0.1) is 31.5 Å². The average Bonchev–Trinajstić information content (AvgIpc) is 3.08. The highest BCUT2D eigenvalue weighted by atomic mass is 35.5. The summed E-state index contributed by atoms with van der Waals surface area (Å²) in [5.41, 5.74) is 5.33. The lowest BCUT2D eigenvalue weighted by atomic mass is 9.78. The number of likely N-dealkylation sites (tertiary alicyclic amines) is 1. The molecule has 2 N–H and O–H groups in total. The van der Waals surface area contributed by atoms with Crippen LogP contribution in [0.15, 0.2) is 41.3 Å². The normalized spacial score (nSPS) is 19.8. The first-order chi connectivity index (χ1) is 23.0. The molecule has 3 saturated heterocycles. The molecular formula is C37H45ClFN5O4. The van der Waals surface area contributed by atoms with Gasteiger partial charge in [0.05, 0.1) is 17.8 Å². The number of carbonyl (C=O) groups is 2. The Morgan fingerprint density at radius 1 is 0.958 bits per heavy atom. The predicted octanol–water partition coefficient (Wildman–Crippen LogP) is 5.82. The van der Waals surface area contributed by atoms with Crippen molar-refractivity contribution >= 4 is 34.8 Å². The summed E-state index contributed by atoms with van der Waals surface area (Å²) in [5, 5.41) is 6.23. The first kappa shape index (κ1) is 34.0. The number of hydrogen-bond donors (Lipinski definition) is 2. The maximum atomic E-state index is 15.7. The summed E-state index contributed by atoms with van der Waals surface area (Å²) in [5.74, 6) is 0.999. The fraction of sp³-hybridized carbons (Fsp3) is 0.486. The number of aryl methyl sites for hydroxylation is 1. The van der Waals surface area contributed by atoms with E-state index in [1.54, 1.807) is 37.9 Å². The Morgan fingerprint density at radius 2 is 1.65 bits per heavy atom. The zero-order valence-corrected chi connectivity index (χ0v) is 29.0. The van der Waals surface area contributed by atoms with Crippen molar-refractivity contribution in [3.8, 4) is 16.9 Å². The standard InChI is InChI=1S/C37H45ClFN5O4/c1-22-23(2)37(47)42(3)20-28(22)26-17-31(39)29(34(18-26)48-4)21-43-13-9-24(10-14-43)25-11-15-44(16-12-25)33-7-5-27(19-30(33)38)40-32-6-8-35(45)41-36(32)46/h5,7,17-20,24-25,32,40H,6,8-16,21H2,1-4H3,(H,41,45,46). The van der Waals surface area contributed by atoms with Gasteiger partial charge in [-0.1, -0.05) is 11.6 Å². The van der Waals surface area contributed by atoms with Gasteiger partial charge in [-0.25, -0.2) is 4.39 Å². The lowest BCUT2D eigenvalue weighted by Crippen LogP contribution is -2.47. The number of carbonyl (C=O) groups excluding carboxylic acids is 2. The molecular weight excluding hydrogens is 633 g/mol. The van der Waals surface area contributed by atoms with Gasteiger partial charge in [0.25, 0.3) is 5.56 Å². The van der Waals surface area contributed by atoms with Crippen molar-refractivity contribution in [3.63, 3.8) is 0 Å². The van der Waals surface area contributed by atoms with Crippen molar-refractivity contribution in [3.05, 3.63) is 74.4 Å². The number of imide groups is 1. The molecule has 2 amide bonds. The van der Waals surface area contributed by atoms with Gasteiger partial charge in [-0.2, -0.15) is 0 Å². The van der Waals surface area contributed by atoms with Crippen LogP contribution < -0.4 is 25.8 Å². The zero-order valence-electron chi connectivity index (χ0n) is 28.2. The van der Waals surface area contributed by atoms with Gasteiger partial charge >= 0.3 is 0 Å². The number of anilines is 2. The Bertz CT molecular complexity index is 1760. The number of amides is 2. The van der Waals surface area contributed by atoms with Crippen LogP contribution in [0.2, 0.25) is 5.02 Å². The van der Waals surface area contributed by atoms with Gasteiger partial charge in [0.2, 0.25) is 11.8 Å². The second-order valence-electron chi connectivity index (χ2n) is 13.6. The van der Waals surface area contributed by atoms with E-state index in [0.717, 1.165) is 74.4 Å². The van der Waals surface area contributed by atoms with Gasteiger partial charge in [0.15, 0.2) is 0 Å². The number of aromatic nitrogens is 1. The molecule has 3 aliphatic heterocycles. The minimum absolute atomic E-state index is 0.0495. The largest absolute Gasteiger partial charge is 0.496 e. The monoisotopic (exact) mass is 677 g/mol. The van der Waals surface area contributed by atoms with Crippen LogP contribution in [-0.4, -0.2) is 60.6 Å². The molecule has 9 nitrogen and oxygen atoms in total. The third kappa shape index (κ3) is 7.10. The minimum Gasteiger partial charge on any atom is -0.496 e. The number of pyridine rings is 1. The van der Waals surface area contributed by atoms with E-state index in [1.807, 2.05) is 31.2 Å². The van der Waals surface area contributed by atoms with Crippen LogP contribution in [-0.2, 0) is 23.2 Å². The van der Waals surface area contributed by atoms with E-state index in [4.69, 9.17) is 16.3 Å². The molecule has 256 valence electrons. The van der Waals surface area contributed by atoms with Crippen molar-refractivity contribution in [1.82, 2.24) is 14.8 Å². The van der Waals surface area contributed by atoms with Crippen LogP contribution in [0.3, 0.4) is 0 Å². The first-order valence-corrected chi connectivity index (χ1v) is 17.3. The van der Waals surface area contributed by atoms with Crippen molar-refractivity contribution in [1.29, 1.82) is 0 Å². The van der Waals surface area contributed by atoms with Gasteiger partial charge in [0, 0.05) is 61.7 Å². The molecule has 0 saturated carbocycles. The summed E-state index contributed by atoms with van der Waals surface area (Å²) in [6, 6.07) is 8.84. The molecule has 0 bridgehead atoms. The van der Waals surface area contributed by atoms with E-state index < -0.39 is 6.04 Å². The van der Waals surface area contributed by atoms with E-state index in [1.165, 1.54) is 0 Å². The Morgan fingerprint density at radius 3 is 2.29 bits per heavy atom. The molecule has 0 spiro atoms. The highest BCUT2D eigenvalue weighted by molar-refractivity contribution is 6.33. The van der Waals surface area contributed by atoms with E-state index in [0.29, 0.717) is 58.7 Å². The number of nitrogens with one attached hydrogen (secondary N) is 2. The fourth-order valence-electron chi connectivity index (χ4n) is 7.67. The molecule has 3 aliphatic rings. The molecule has 3 fully saturated rings. The maximum Gasteiger partial charge on any atom is 0.253 e. The summed E-state index contributed by atoms with van der Waals surface area (Å²) in [6.07, 6.45) is 6.94. The SMILES string of the molecule is COc1cc(-c2cn(C)c(=O)c(C)c2C)cc(F)c1CN1CCC(C2CCN(c3ccc(NC4CCC(=O)NC4=O)cc3Cl)CC2)CC1. The third-order valence-corrected chi connectivity index (χ3v) is 11.0. The Kier molecular flexibility index (Phi) is 10.1. The Hall–Kier alpha value is -3.89. The molecule has 2 aromatic carbocycles. The highest BCUT2D eigenvalue weighted by Gasteiger charge is 2.31. The second kappa shape index (κ2) is 14.3. The summed E-state index contributed by atoms with van der Waals surface area (Å²) in [6.45, 7) is 7.91. The number of halogens is 2. The summed E-state index contributed by atoms with van der Waals surface area (Å²) in [4.78, 5) is 40.6. The van der Waals surface area contributed by atoms with Crippen molar-refractivity contribution in [2.45, 2.75) is 65.0 Å². The van der Waals surface area contributed by atoms with E-state index in [9.17, 15) is 14.4 Å². The van der Waals surface area contributed by atoms with Crippen LogP contribution in [0.1, 0.15) is 55.2 Å². The molecule has 4 heterocycles. The number of ether oxygens (including phenoxy) is 1. The topological polar surface area (TPSA) is 95.9 Å². The van der Waals surface area contributed by atoms with Gasteiger partial charge in [0.1, 0.15) is 17.6 Å². The average molecular weight is 678 g/mol. The van der Waals surface area contributed by atoms with Gasteiger partial charge in [-0.3, -0.25) is 24.6 Å². The quantitative estimate of drug-likeness (QED) is 0.291. The molecule has 48 heavy (non-hydrogen) atoms. The summed E-state index contributed by atoms with van der Waals surface area (Å²) < 4.78 is 22.9. The number of methoxy groups -OCH3 is 1. The minimum atomic E-state index is -0.444. The van der Waals surface area contributed by atoms with Crippen LogP contribution >= 0.6 is 11.6 Å². The number of nitrogens with zero attached hydrogens (tertiary/aromatic N) is 3. The summed E-state index contributed by atoms with van der Waals surface area (Å²) >= 11 is 6.72. The third-order valence-electron chi connectivity index (χ3n) is 10.7. The first-order valence-electron chi connectivity index (χ1n) is 16.9. The molecule has 11 heteroatoms. The fourth-order valence-corrected chi connectivity index (χ4v) is 7.97.